The van der Waals surface area contributed by atoms with E-state index in [1.54, 1.807) is 13.4 Å². The lowest BCUT2D eigenvalue weighted by Gasteiger charge is -2.05. The van der Waals surface area contributed by atoms with Crippen LogP contribution in [0, 0.1) is 0 Å². The topological polar surface area (TPSA) is 47.0 Å². The molecular weight excluding hydrogens is 226 g/mol. The van der Waals surface area contributed by atoms with E-state index in [1.165, 1.54) is 5.56 Å². The van der Waals surface area contributed by atoms with E-state index in [1.807, 2.05) is 24.5 Å². The maximum atomic E-state index is 5.12. The number of benzene rings is 1. The van der Waals surface area contributed by atoms with Crippen LogP contribution < -0.4 is 10.1 Å². The Hall–Kier alpha value is -1.94. The molecule has 1 heterocycles. The molecule has 0 aliphatic heterocycles. The minimum absolute atomic E-state index is 0.803. The molecule has 0 saturated carbocycles. The van der Waals surface area contributed by atoms with Gasteiger partial charge in [-0.15, -0.1) is 0 Å². The number of ether oxygens (including phenoxy) is 1. The van der Waals surface area contributed by atoms with Gasteiger partial charge in [0, 0.05) is 24.5 Å². The zero-order valence-electron chi connectivity index (χ0n) is 10.5. The Balaban J connectivity index is 1.72. The van der Waals surface area contributed by atoms with Gasteiger partial charge in [-0.1, -0.05) is 12.1 Å². The van der Waals surface area contributed by atoms with Gasteiger partial charge in [0.25, 0.3) is 0 Å². The Morgan fingerprint density at radius 2 is 1.78 bits per heavy atom. The molecule has 2 aromatic rings. The van der Waals surface area contributed by atoms with Crippen LogP contribution in [0.1, 0.15) is 11.1 Å². The first kappa shape index (κ1) is 12.5. The Bertz CT molecular complexity index is 456. The summed E-state index contributed by atoms with van der Waals surface area (Å²) in [6.45, 7) is 1.73. The molecule has 0 radical (unpaired) electrons. The van der Waals surface area contributed by atoms with Crippen LogP contribution in [0.5, 0.6) is 5.75 Å². The normalized spacial score (nSPS) is 10.3. The lowest BCUT2D eigenvalue weighted by atomic mass is 10.1. The highest BCUT2D eigenvalue weighted by atomic mass is 16.5. The summed E-state index contributed by atoms with van der Waals surface area (Å²) in [7, 11) is 1.68. The second-order valence-corrected chi connectivity index (χ2v) is 4.02. The third-order valence-electron chi connectivity index (χ3n) is 2.69. The first-order chi connectivity index (χ1) is 8.88. The molecule has 0 amide bonds. The smallest absolute Gasteiger partial charge is 0.118 e. The summed E-state index contributed by atoms with van der Waals surface area (Å²) in [6, 6.07) is 8.15. The third kappa shape index (κ3) is 3.82. The van der Waals surface area contributed by atoms with Crippen molar-refractivity contribution < 1.29 is 4.74 Å². The monoisotopic (exact) mass is 243 g/mol. The highest BCUT2D eigenvalue weighted by molar-refractivity contribution is 5.27. The SMILES string of the molecule is COc1ccc(CCNCc2cncnc2)cc1. The van der Waals surface area contributed by atoms with Crippen molar-refractivity contribution >= 4 is 0 Å². The van der Waals surface area contributed by atoms with Gasteiger partial charge in [-0.2, -0.15) is 0 Å². The maximum absolute atomic E-state index is 5.12. The summed E-state index contributed by atoms with van der Waals surface area (Å²) < 4.78 is 5.12. The first-order valence-electron chi connectivity index (χ1n) is 5.96. The van der Waals surface area contributed by atoms with Crippen LogP contribution in [0.3, 0.4) is 0 Å². The van der Waals surface area contributed by atoms with Gasteiger partial charge >= 0.3 is 0 Å². The molecule has 4 nitrogen and oxygen atoms in total. The summed E-state index contributed by atoms with van der Waals surface area (Å²) in [5, 5.41) is 3.37. The fourth-order valence-electron chi connectivity index (χ4n) is 1.68. The lowest BCUT2D eigenvalue weighted by molar-refractivity contribution is 0.414. The molecule has 1 aromatic carbocycles. The van der Waals surface area contributed by atoms with E-state index in [-0.39, 0.29) is 0 Å². The Morgan fingerprint density at radius 3 is 2.44 bits per heavy atom. The van der Waals surface area contributed by atoms with Crippen molar-refractivity contribution in [2.75, 3.05) is 13.7 Å². The quantitative estimate of drug-likeness (QED) is 0.786. The fourth-order valence-corrected chi connectivity index (χ4v) is 1.68. The zero-order valence-corrected chi connectivity index (χ0v) is 10.5. The molecule has 1 aromatic heterocycles. The van der Waals surface area contributed by atoms with Crippen molar-refractivity contribution in [3.63, 3.8) is 0 Å². The molecule has 0 aliphatic carbocycles. The van der Waals surface area contributed by atoms with E-state index < -0.39 is 0 Å². The average molecular weight is 243 g/mol. The van der Waals surface area contributed by atoms with Crippen molar-refractivity contribution in [1.82, 2.24) is 15.3 Å². The van der Waals surface area contributed by atoms with Crippen LogP contribution in [-0.4, -0.2) is 23.6 Å². The fraction of sp³-hybridized carbons (Fsp3) is 0.286. The third-order valence-corrected chi connectivity index (χ3v) is 2.69. The van der Waals surface area contributed by atoms with Crippen LogP contribution in [0.25, 0.3) is 0 Å². The number of aromatic nitrogens is 2. The lowest BCUT2D eigenvalue weighted by Crippen LogP contribution is -2.16. The van der Waals surface area contributed by atoms with E-state index in [0.717, 1.165) is 30.8 Å². The Morgan fingerprint density at radius 1 is 1.06 bits per heavy atom. The molecule has 18 heavy (non-hydrogen) atoms. The van der Waals surface area contributed by atoms with Gasteiger partial charge in [-0.05, 0) is 30.7 Å². The molecular formula is C14H17N3O. The second kappa shape index (κ2) is 6.71. The van der Waals surface area contributed by atoms with E-state index >= 15 is 0 Å². The Labute approximate surface area is 107 Å². The van der Waals surface area contributed by atoms with E-state index in [2.05, 4.69) is 27.4 Å². The number of methoxy groups -OCH3 is 1. The second-order valence-electron chi connectivity index (χ2n) is 4.02. The van der Waals surface area contributed by atoms with Crippen molar-refractivity contribution in [3.05, 3.63) is 54.1 Å². The van der Waals surface area contributed by atoms with E-state index in [4.69, 9.17) is 4.74 Å². The van der Waals surface area contributed by atoms with E-state index in [0.29, 0.717) is 0 Å². The largest absolute Gasteiger partial charge is 0.497 e. The van der Waals surface area contributed by atoms with Gasteiger partial charge in [-0.25, -0.2) is 9.97 Å². The predicted octanol–water partition coefficient (Wildman–Crippen LogP) is 1.82. The summed E-state index contributed by atoms with van der Waals surface area (Å²) >= 11 is 0. The minimum atomic E-state index is 0.803. The number of hydrogen-bond donors (Lipinski definition) is 1. The Kier molecular flexibility index (Phi) is 4.67. The molecule has 0 fully saturated rings. The van der Waals surface area contributed by atoms with Gasteiger partial charge in [-0.3, -0.25) is 0 Å². The first-order valence-corrected chi connectivity index (χ1v) is 5.96. The summed E-state index contributed by atoms with van der Waals surface area (Å²) in [4.78, 5) is 7.95. The van der Waals surface area contributed by atoms with Crippen LogP contribution in [-0.2, 0) is 13.0 Å². The highest BCUT2D eigenvalue weighted by Crippen LogP contribution is 2.11. The number of nitrogens with zero attached hydrogens (tertiary/aromatic N) is 2. The number of rotatable bonds is 6. The molecule has 0 saturated heterocycles. The molecule has 0 spiro atoms. The molecule has 0 unspecified atom stereocenters. The number of hydrogen-bond acceptors (Lipinski definition) is 4. The van der Waals surface area contributed by atoms with Gasteiger partial charge in [0.2, 0.25) is 0 Å². The van der Waals surface area contributed by atoms with Crippen molar-refractivity contribution in [3.8, 4) is 5.75 Å². The average Bonchev–Trinajstić information content (AvgIpc) is 2.45. The zero-order chi connectivity index (χ0) is 12.6. The van der Waals surface area contributed by atoms with E-state index in [9.17, 15) is 0 Å². The van der Waals surface area contributed by atoms with Crippen LogP contribution in [0.2, 0.25) is 0 Å². The molecule has 1 N–H and O–H groups in total. The molecule has 2 rings (SSSR count). The van der Waals surface area contributed by atoms with Gasteiger partial charge in [0.15, 0.2) is 0 Å². The summed E-state index contributed by atoms with van der Waals surface area (Å²) in [5.41, 5.74) is 2.40. The van der Waals surface area contributed by atoms with Crippen LogP contribution in [0.4, 0.5) is 0 Å². The van der Waals surface area contributed by atoms with Crippen molar-refractivity contribution in [1.29, 1.82) is 0 Å². The van der Waals surface area contributed by atoms with Crippen molar-refractivity contribution in [2.24, 2.45) is 0 Å². The molecule has 94 valence electrons. The van der Waals surface area contributed by atoms with Gasteiger partial charge in [0.05, 0.1) is 7.11 Å². The summed E-state index contributed by atoms with van der Waals surface area (Å²) in [5.74, 6) is 0.896. The van der Waals surface area contributed by atoms with Crippen LogP contribution >= 0.6 is 0 Å². The molecule has 0 bridgehead atoms. The van der Waals surface area contributed by atoms with Crippen molar-refractivity contribution in [2.45, 2.75) is 13.0 Å². The predicted molar refractivity (Wildman–Crippen MR) is 70.4 cm³/mol. The molecule has 0 atom stereocenters. The molecule has 0 aliphatic rings. The summed E-state index contributed by atoms with van der Waals surface area (Å²) in [6.07, 6.45) is 6.19. The maximum Gasteiger partial charge on any atom is 0.118 e. The van der Waals surface area contributed by atoms with Crippen LogP contribution in [0.15, 0.2) is 43.0 Å². The standard InChI is InChI=1S/C14H17N3O/c1-18-14-4-2-12(3-5-14)6-7-15-8-13-9-16-11-17-10-13/h2-5,9-11,15H,6-8H2,1H3. The highest BCUT2D eigenvalue weighted by Gasteiger charge is 1.95. The van der Waals surface area contributed by atoms with Gasteiger partial charge in [0.1, 0.15) is 12.1 Å². The number of nitrogens with one attached hydrogen (secondary N) is 1. The minimum Gasteiger partial charge on any atom is -0.497 e. The van der Waals surface area contributed by atoms with Gasteiger partial charge < -0.3 is 10.1 Å². The molecule has 4 heteroatoms.